The Labute approximate surface area is 545 Å². The van der Waals surface area contributed by atoms with Crippen molar-refractivity contribution in [2.24, 2.45) is 4.99 Å². The van der Waals surface area contributed by atoms with Gasteiger partial charge in [-0.2, -0.15) is 9.97 Å². The van der Waals surface area contributed by atoms with Crippen molar-refractivity contribution >= 4 is 70.4 Å². The lowest BCUT2D eigenvalue weighted by atomic mass is 9.92. The third-order valence-electron chi connectivity index (χ3n) is 13.9. The molecule has 0 spiro atoms. The number of amides is 3. The van der Waals surface area contributed by atoms with Crippen molar-refractivity contribution < 1.29 is 61.8 Å². The first kappa shape index (κ1) is 74.8. The lowest BCUT2D eigenvalue weighted by molar-refractivity contribution is -0.132. The fourth-order valence-corrected chi connectivity index (χ4v) is 9.53. The molecule has 6 rings (SSSR count). The van der Waals surface area contributed by atoms with Gasteiger partial charge in [-0.1, -0.05) is 72.8 Å². The first-order valence-corrected chi connectivity index (χ1v) is 32.3. The molecule has 0 saturated heterocycles. The van der Waals surface area contributed by atoms with Gasteiger partial charge in [-0.05, 0) is 97.7 Å². The van der Waals surface area contributed by atoms with Crippen molar-refractivity contribution in [3.05, 3.63) is 124 Å². The van der Waals surface area contributed by atoms with Crippen molar-refractivity contribution in [2.45, 2.75) is 116 Å². The number of Topliss-reactive ketones (excluding diaryl/α,β-unsaturated/α-hetero) is 1. The molecule has 1 unspecified atom stereocenters. The number of aliphatic imine (C=N–C) groups is 1. The van der Waals surface area contributed by atoms with Crippen molar-refractivity contribution in [2.75, 3.05) is 122 Å². The van der Waals surface area contributed by atoms with Gasteiger partial charge in [0.25, 0.3) is 0 Å². The predicted molar refractivity (Wildman–Crippen MR) is 350 cm³/mol. The van der Waals surface area contributed by atoms with Crippen LogP contribution in [0.15, 0.2) is 90.1 Å². The third kappa shape index (κ3) is 32.3. The summed E-state index contributed by atoms with van der Waals surface area (Å²) >= 11 is 12.0. The molecule has 0 radical (unpaired) electrons. The molecule has 1 aliphatic heterocycles. The van der Waals surface area contributed by atoms with Gasteiger partial charge in [-0.15, -0.1) is 23.2 Å². The summed E-state index contributed by atoms with van der Waals surface area (Å²) in [5.74, 6) is 1.43. The molecule has 498 valence electrons. The second-order valence-electron chi connectivity index (χ2n) is 20.9. The Morgan fingerprint density at radius 1 is 0.560 bits per heavy atom. The molecular weight excluding hydrogens is 1210 g/mol. The minimum Gasteiger partial charge on any atom is -0.471 e. The summed E-state index contributed by atoms with van der Waals surface area (Å²) in [6.45, 7) is 11.4. The van der Waals surface area contributed by atoms with Crippen LogP contribution in [0.5, 0.6) is 11.9 Å². The van der Waals surface area contributed by atoms with E-state index >= 15 is 0 Å². The minimum absolute atomic E-state index is 0.179. The lowest BCUT2D eigenvalue weighted by Crippen LogP contribution is -2.49. The van der Waals surface area contributed by atoms with Crippen LogP contribution in [-0.2, 0) is 91.4 Å². The first-order valence-electron chi connectivity index (χ1n) is 31.3. The molecule has 0 bridgehead atoms. The number of hydrogen-bond acceptors (Lipinski definition) is 20. The number of alkyl halides is 2. The molecule has 0 saturated carbocycles. The normalized spacial score (nSPS) is 11.8. The Morgan fingerprint density at radius 2 is 1.12 bits per heavy atom. The quantitative estimate of drug-likeness (QED) is 0.0182. The SMILES string of the molecule is CCOCCOCCNC(=O)CC(NC(=O)CCCc1ccc(C(CCCl)CCCl)cc1)C(=O)NCCOCCOCCOCCCC(=O)CCc1ccc(COc2nccc(N)n2)cc1.CCOCCOCc1ccc(COc2nc(N)nc3c2N=CC3)cc1. The number of nitrogen functional groups attached to an aromatic ring is 2. The van der Waals surface area contributed by atoms with Crippen molar-refractivity contribution in [1.82, 2.24) is 35.9 Å². The molecule has 7 N–H and O–H groups in total. The van der Waals surface area contributed by atoms with Gasteiger partial charge >= 0.3 is 6.01 Å². The van der Waals surface area contributed by atoms with Crippen LogP contribution >= 0.6 is 23.2 Å². The number of nitrogens with two attached hydrogens (primary N) is 2. The van der Waals surface area contributed by atoms with Gasteiger partial charge in [-0.3, -0.25) is 24.2 Å². The van der Waals surface area contributed by atoms with E-state index in [-0.39, 0.29) is 62.1 Å². The fourth-order valence-electron chi connectivity index (χ4n) is 9.00. The summed E-state index contributed by atoms with van der Waals surface area (Å²) in [6, 6.07) is 25.0. The number of ketones is 1. The van der Waals surface area contributed by atoms with E-state index in [0.717, 1.165) is 46.4 Å². The number of anilines is 2. The van der Waals surface area contributed by atoms with Gasteiger partial charge in [0.05, 0.1) is 84.8 Å². The number of halogens is 2. The molecule has 1 aliphatic rings. The van der Waals surface area contributed by atoms with Crippen LogP contribution in [0.3, 0.4) is 0 Å². The number of nitrogens with zero attached hydrogens (tertiary/aromatic N) is 5. The van der Waals surface area contributed by atoms with Crippen LogP contribution in [0.4, 0.5) is 17.5 Å². The number of benzene rings is 3. The van der Waals surface area contributed by atoms with Crippen molar-refractivity contribution in [3.63, 3.8) is 0 Å². The molecular formula is C66H92Cl2N10O13. The largest absolute Gasteiger partial charge is 0.471 e. The lowest BCUT2D eigenvalue weighted by Gasteiger charge is -2.19. The monoisotopic (exact) mass is 1300 g/mol. The topological polar surface area (TPSA) is 303 Å². The summed E-state index contributed by atoms with van der Waals surface area (Å²) in [4.78, 5) is 71.9. The Morgan fingerprint density at radius 3 is 1.76 bits per heavy atom. The molecule has 0 fully saturated rings. The maximum absolute atomic E-state index is 13.2. The van der Waals surface area contributed by atoms with Crippen LogP contribution in [0.25, 0.3) is 0 Å². The number of carbonyl (C=O) groups excluding carboxylic acids is 4. The highest BCUT2D eigenvalue weighted by Gasteiger charge is 2.24. The van der Waals surface area contributed by atoms with Gasteiger partial charge in [0.1, 0.15) is 36.5 Å². The zero-order valence-electron chi connectivity index (χ0n) is 52.7. The summed E-state index contributed by atoms with van der Waals surface area (Å²) < 4.78 is 49.6. The zero-order chi connectivity index (χ0) is 64.9. The van der Waals surface area contributed by atoms with Crippen LogP contribution in [0.1, 0.15) is 110 Å². The maximum atomic E-state index is 13.2. The zero-order valence-corrected chi connectivity index (χ0v) is 54.2. The van der Waals surface area contributed by atoms with Gasteiger partial charge in [-0.25, -0.2) is 9.97 Å². The average molecular weight is 1300 g/mol. The number of carbonyl (C=O) groups is 4. The molecule has 91 heavy (non-hydrogen) atoms. The maximum Gasteiger partial charge on any atom is 0.318 e. The smallest absolute Gasteiger partial charge is 0.318 e. The molecule has 5 aromatic rings. The summed E-state index contributed by atoms with van der Waals surface area (Å²) in [5, 5.41) is 8.25. The number of aromatic nitrogens is 4. The van der Waals surface area contributed by atoms with E-state index in [1.165, 1.54) is 5.56 Å². The molecule has 25 heteroatoms. The fraction of sp³-hybridized carbons (Fsp3) is 0.530. The predicted octanol–water partition coefficient (Wildman–Crippen LogP) is 7.94. The van der Waals surface area contributed by atoms with E-state index in [2.05, 4.69) is 65.1 Å². The number of rotatable bonds is 48. The molecule has 3 aromatic carbocycles. The third-order valence-corrected chi connectivity index (χ3v) is 14.3. The Balaban J connectivity index is 0.000000495. The van der Waals surface area contributed by atoms with Crippen molar-refractivity contribution in [1.29, 1.82) is 0 Å². The van der Waals surface area contributed by atoms with Crippen LogP contribution in [-0.4, -0.2) is 166 Å². The van der Waals surface area contributed by atoms with E-state index in [9.17, 15) is 19.2 Å². The van der Waals surface area contributed by atoms with Crippen LogP contribution < -0.4 is 36.9 Å². The highest BCUT2D eigenvalue weighted by atomic mass is 35.5. The number of aryl methyl sites for hydroxylation is 2. The minimum atomic E-state index is -1.06. The van der Waals surface area contributed by atoms with Crippen LogP contribution in [0.2, 0.25) is 0 Å². The number of ether oxygens (including phenoxy) is 9. The first-order chi connectivity index (χ1) is 44.5. The average Bonchev–Trinajstić information content (AvgIpc) is 2.15. The molecule has 23 nitrogen and oxygen atoms in total. The van der Waals surface area contributed by atoms with Gasteiger partial charge < -0.3 is 70.0 Å². The second kappa shape index (κ2) is 46.2. The van der Waals surface area contributed by atoms with Crippen molar-refractivity contribution in [3.8, 4) is 11.9 Å². The second-order valence-corrected chi connectivity index (χ2v) is 21.7. The Bertz CT molecular complexity index is 2870. The molecule has 1 atom stereocenters. The number of fused-ring (bicyclic) bond motifs is 1. The standard InChI is InChI=1S/C48H70Cl2N6O10.C18H22N4O3/c1-2-61-29-30-63-27-24-52-46(59)35-43(55-45(58)7-3-5-37-12-15-40(16-13-37)41(18-21-49)19-22-50)47(60)53-25-28-64-32-34-65-33-31-62-26-4-6-42(57)17-14-38-8-10-39(11-9-38)36-66-48-54-23-20-44(51)56-48;1-2-23-9-10-24-11-13-3-5-14(6-4-13)12-25-17-16-15(7-8-20-16)21-18(19)22-17/h8-13,15-16,20,23,41,43H,2-7,14,17-19,21-22,24-36H2,1H3,(H,52,59)(H,53,60)(H,55,58)(H2,51,54,56);3-6,8H,2,7,9-12H2,1H3,(H2,19,21,22). The van der Waals surface area contributed by atoms with E-state index < -0.39 is 11.9 Å². The Hall–Kier alpha value is -6.93. The van der Waals surface area contributed by atoms with Gasteiger partial charge in [0, 0.05) is 82.8 Å². The van der Waals surface area contributed by atoms with Gasteiger partial charge in [0.15, 0.2) is 0 Å². The number of nitrogens with one attached hydrogen (secondary N) is 3. The highest BCUT2D eigenvalue weighted by Crippen LogP contribution is 2.33. The summed E-state index contributed by atoms with van der Waals surface area (Å²) in [5.41, 5.74) is 19.3. The number of hydrogen-bond donors (Lipinski definition) is 5. The molecule has 3 heterocycles. The summed E-state index contributed by atoms with van der Waals surface area (Å²) in [6.07, 6.45) is 9.14. The van der Waals surface area contributed by atoms with E-state index in [0.29, 0.717) is 179 Å². The Kier molecular flexibility index (Phi) is 38.0. The van der Waals surface area contributed by atoms with Crippen LogP contribution in [0, 0.1) is 0 Å². The highest BCUT2D eigenvalue weighted by molar-refractivity contribution is 6.18. The molecule has 3 amide bonds. The van der Waals surface area contributed by atoms with E-state index in [1.54, 1.807) is 18.5 Å². The molecule has 2 aromatic heterocycles. The summed E-state index contributed by atoms with van der Waals surface area (Å²) in [7, 11) is 0. The van der Waals surface area contributed by atoms with Gasteiger partial charge in [0.2, 0.25) is 29.5 Å². The van der Waals surface area contributed by atoms with E-state index in [1.807, 2.05) is 62.4 Å². The molecule has 0 aliphatic carbocycles. The van der Waals surface area contributed by atoms with E-state index in [4.69, 9.17) is 77.3 Å².